The SMILES string of the molecule is Cc1oc(=O)[nH]c1C1CC1. The van der Waals surface area contributed by atoms with Crippen LogP contribution in [0.2, 0.25) is 0 Å². The maximum absolute atomic E-state index is 10.6. The summed E-state index contributed by atoms with van der Waals surface area (Å²) in [6.45, 7) is 1.82. The highest BCUT2D eigenvalue weighted by atomic mass is 16.4. The van der Waals surface area contributed by atoms with Crippen LogP contribution in [0.1, 0.15) is 30.2 Å². The van der Waals surface area contributed by atoms with E-state index >= 15 is 0 Å². The Balaban J connectivity index is 2.47. The maximum atomic E-state index is 10.6. The first kappa shape index (κ1) is 5.77. The lowest BCUT2D eigenvalue weighted by atomic mass is 10.2. The monoisotopic (exact) mass is 139 g/mol. The van der Waals surface area contributed by atoms with E-state index in [0.29, 0.717) is 5.92 Å². The van der Waals surface area contributed by atoms with Gasteiger partial charge in [0.05, 0.1) is 5.69 Å². The Hall–Kier alpha value is -0.990. The highest BCUT2D eigenvalue weighted by molar-refractivity contribution is 5.16. The van der Waals surface area contributed by atoms with Crippen molar-refractivity contribution >= 4 is 0 Å². The van der Waals surface area contributed by atoms with E-state index < -0.39 is 0 Å². The van der Waals surface area contributed by atoms with Gasteiger partial charge < -0.3 is 4.42 Å². The minimum Gasteiger partial charge on any atom is -0.413 e. The first-order valence-electron chi connectivity index (χ1n) is 3.47. The molecule has 1 aromatic rings. The lowest BCUT2D eigenvalue weighted by Gasteiger charge is -1.87. The van der Waals surface area contributed by atoms with Crippen molar-refractivity contribution in [1.29, 1.82) is 0 Å². The summed E-state index contributed by atoms with van der Waals surface area (Å²) < 4.78 is 4.80. The van der Waals surface area contributed by atoms with Crippen LogP contribution in [0, 0.1) is 6.92 Å². The van der Waals surface area contributed by atoms with Crippen molar-refractivity contribution in [3.63, 3.8) is 0 Å². The van der Waals surface area contributed by atoms with E-state index in [4.69, 9.17) is 4.42 Å². The normalized spacial score (nSPS) is 17.7. The quantitative estimate of drug-likeness (QED) is 0.634. The molecule has 54 valence electrons. The van der Waals surface area contributed by atoms with Crippen molar-refractivity contribution in [3.8, 4) is 0 Å². The van der Waals surface area contributed by atoms with Crippen LogP contribution >= 0.6 is 0 Å². The molecule has 0 spiro atoms. The van der Waals surface area contributed by atoms with Crippen molar-refractivity contribution in [3.05, 3.63) is 22.0 Å². The van der Waals surface area contributed by atoms with Gasteiger partial charge in [-0.3, -0.25) is 4.98 Å². The smallest absolute Gasteiger partial charge is 0.413 e. The van der Waals surface area contributed by atoms with Crippen molar-refractivity contribution in [2.75, 3.05) is 0 Å². The van der Waals surface area contributed by atoms with Gasteiger partial charge in [-0.2, -0.15) is 0 Å². The second-order valence-electron chi connectivity index (χ2n) is 2.76. The molecule has 0 aliphatic heterocycles. The molecule has 0 atom stereocenters. The van der Waals surface area contributed by atoms with Gasteiger partial charge in [0.2, 0.25) is 0 Å². The molecule has 2 rings (SSSR count). The van der Waals surface area contributed by atoms with Gasteiger partial charge in [0, 0.05) is 5.92 Å². The van der Waals surface area contributed by atoms with E-state index in [0.717, 1.165) is 11.5 Å². The van der Waals surface area contributed by atoms with Gasteiger partial charge in [0.15, 0.2) is 0 Å². The van der Waals surface area contributed by atoms with Crippen molar-refractivity contribution in [1.82, 2.24) is 4.98 Å². The fourth-order valence-corrected chi connectivity index (χ4v) is 1.18. The number of aryl methyl sites for hydroxylation is 1. The van der Waals surface area contributed by atoms with Gasteiger partial charge in [-0.25, -0.2) is 4.79 Å². The molecule has 1 N–H and O–H groups in total. The second kappa shape index (κ2) is 1.75. The van der Waals surface area contributed by atoms with E-state index in [1.54, 1.807) is 0 Å². The van der Waals surface area contributed by atoms with Crippen LogP contribution < -0.4 is 5.76 Å². The summed E-state index contributed by atoms with van der Waals surface area (Å²) in [5, 5.41) is 0. The summed E-state index contributed by atoms with van der Waals surface area (Å²) in [6, 6.07) is 0. The van der Waals surface area contributed by atoms with Crippen LogP contribution in [0.4, 0.5) is 0 Å². The van der Waals surface area contributed by atoms with Crippen LogP contribution in [0.5, 0.6) is 0 Å². The molecule has 1 aliphatic carbocycles. The van der Waals surface area contributed by atoms with Crippen molar-refractivity contribution in [2.24, 2.45) is 0 Å². The molecule has 1 fully saturated rings. The number of rotatable bonds is 1. The molecule has 0 radical (unpaired) electrons. The fourth-order valence-electron chi connectivity index (χ4n) is 1.18. The maximum Gasteiger partial charge on any atom is 0.416 e. The molecule has 1 heterocycles. The number of nitrogens with one attached hydrogen (secondary N) is 1. The van der Waals surface area contributed by atoms with Crippen LogP contribution in [0.15, 0.2) is 9.21 Å². The van der Waals surface area contributed by atoms with Gasteiger partial charge in [0.25, 0.3) is 0 Å². The van der Waals surface area contributed by atoms with Crippen LogP contribution in [-0.4, -0.2) is 4.98 Å². The predicted molar refractivity (Wildman–Crippen MR) is 36.0 cm³/mol. The van der Waals surface area contributed by atoms with E-state index in [9.17, 15) is 4.79 Å². The zero-order valence-corrected chi connectivity index (χ0v) is 5.81. The van der Waals surface area contributed by atoms with E-state index in [1.807, 2.05) is 6.92 Å². The molecular formula is C7H9NO2. The van der Waals surface area contributed by atoms with Crippen molar-refractivity contribution in [2.45, 2.75) is 25.7 Å². The van der Waals surface area contributed by atoms with Gasteiger partial charge in [-0.05, 0) is 19.8 Å². The summed E-state index contributed by atoms with van der Waals surface area (Å²) in [6.07, 6.45) is 2.38. The Morgan fingerprint density at radius 1 is 1.60 bits per heavy atom. The molecule has 1 saturated carbocycles. The average molecular weight is 139 g/mol. The molecule has 1 aliphatic rings. The Bertz CT molecular complexity index is 293. The minimum absolute atomic E-state index is 0.320. The van der Waals surface area contributed by atoms with Crippen LogP contribution in [0.25, 0.3) is 0 Å². The first-order valence-corrected chi connectivity index (χ1v) is 3.47. The molecule has 3 nitrogen and oxygen atoms in total. The van der Waals surface area contributed by atoms with Gasteiger partial charge in [0.1, 0.15) is 5.76 Å². The summed E-state index contributed by atoms with van der Waals surface area (Å²) in [4.78, 5) is 13.3. The van der Waals surface area contributed by atoms with Crippen LogP contribution in [0.3, 0.4) is 0 Å². The summed E-state index contributed by atoms with van der Waals surface area (Å²) in [5.41, 5.74) is 1.00. The Morgan fingerprint density at radius 2 is 2.30 bits per heavy atom. The number of oxazole rings is 1. The lowest BCUT2D eigenvalue weighted by Crippen LogP contribution is -1.95. The van der Waals surface area contributed by atoms with Crippen molar-refractivity contribution < 1.29 is 4.42 Å². The number of hydrogen-bond acceptors (Lipinski definition) is 2. The zero-order valence-electron chi connectivity index (χ0n) is 5.81. The van der Waals surface area contributed by atoms with E-state index in [2.05, 4.69) is 4.98 Å². The third-order valence-corrected chi connectivity index (χ3v) is 1.85. The summed E-state index contributed by atoms with van der Waals surface area (Å²) in [5.74, 6) is 1.01. The highest BCUT2D eigenvalue weighted by Gasteiger charge is 2.27. The number of aromatic nitrogens is 1. The Labute approximate surface area is 58.1 Å². The largest absolute Gasteiger partial charge is 0.416 e. The van der Waals surface area contributed by atoms with E-state index in [-0.39, 0.29) is 5.76 Å². The van der Waals surface area contributed by atoms with Gasteiger partial charge >= 0.3 is 5.76 Å². The van der Waals surface area contributed by atoms with Crippen LogP contribution in [-0.2, 0) is 0 Å². The molecule has 3 heteroatoms. The third kappa shape index (κ3) is 0.781. The predicted octanol–water partition coefficient (Wildman–Crippen LogP) is 1.15. The molecular weight excluding hydrogens is 130 g/mol. The first-order chi connectivity index (χ1) is 4.77. The fraction of sp³-hybridized carbons (Fsp3) is 0.571. The molecule has 0 unspecified atom stereocenters. The zero-order chi connectivity index (χ0) is 7.14. The second-order valence-corrected chi connectivity index (χ2v) is 2.76. The Morgan fingerprint density at radius 3 is 2.70 bits per heavy atom. The molecule has 1 aromatic heterocycles. The Kier molecular flexibility index (Phi) is 1.01. The number of aromatic amines is 1. The molecule has 0 saturated heterocycles. The standard InChI is InChI=1S/C7H9NO2/c1-4-6(5-2-3-5)8-7(9)10-4/h5H,2-3H2,1H3,(H,8,9). The third-order valence-electron chi connectivity index (χ3n) is 1.85. The van der Waals surface area contributed by atoms with Gasteiger partial charge in [-0.15, -0.1) is 0 Å². The number of hydrogen-bond donors (Lipinski definition) is 1. The topological polar surface area (TPSA) is 46.0 Å². The molecule has 0 bridgehead atoms. The number of H-pyrrole nitrogens is 1. The van der Waals surface area contributed by atoms with Gasteiger partial charge in [-0.1, -0.05) is 0 Å². The minimum atomic E-state index is -0.320. The molecule has 0 aromatic carbocycles. The lowest BCUT2D eigenvalue weighted by molar-refractivity contribution is 0.486. The average Bonchev–Trinajstić information content (AvgIpc) is 2.61. The highest BCUT2D eigenvalue weighted by Crippen LogP contribution is 2.39. The molecule has 0 amide bonds. The summed E-state index contributed by atoms with van der Waals surface area (Å²) in [7, 11) is 0. The van der Waals surface area contributed by atoms with E-state index in [1.165, 1.54) is 12.8 Å². The summed E-state index contributed by atoms with van der Waals surface area (Å²) >= 11 is 0. The molecule has 10 heavy (non-hydrogen) atoms.